The average Bonchev–Trinajstić information content (AvgIpc) is 2.68. The molecule has 3 N–H and O–H groups in total. The summed E-state index contributed by atoms with van der Waals surface area (Å²) < 4.78 is 5.32. The van der Waals surface area contributed by atoms with Gasteiger partial charge in [-0.1, -0.05) is 12.1 Å². The second-order valence-electron chi connectivity index (χ2n) is 6.14. The summed E-state index contributed by atoms with van der Waals surface area (Å²) in [6.07, 6.45) is 2.20. The molecular formula is C20H32N4O3. The van der Waals surface area contributed by atoms with Gasteiger partial charge in [-0.3, -0.25) is 14.6 Å². The largest absolute Gasteiger partial charge is 0.363 e. The number of ether oxygens (including phenoxy) is 1. The number of aromatic nitrogens is 1. The number of pyridine rings is 1. The number of hydrogen-bond donors (Lipinski definition) is 3. The standard InChI is InChI=1S/C20H26N4O3.3H2/c1-15-7-8-17(12-16(15)2)24-14-27-13-19(25)22-10-5-11-23-20(26)18-6-3-4-9-21-18;;;/h3-4,6-9,12,24H,5,10-11,13-14H2,1-2H3,(H,22,25)(H,23,26);3*1H. The van der Waals surface area contributed by atoms with Crippen LogP contribution in [0.4, 0.5) is 5.69 Å². The van der Waals surface area contributed by atoms with Gasteiger partial charge in [-0.25, -0.2) is 0 Å². The van der Waals surface area contributed by atoms with Crippen LogP contribution in [0.1, 0.15) is 32.3 Å². The third kappa shape index (κ3) is 7.45. The number of carbonyl (C=O) groups excluding carboxylic acids is 2. The van der Waals surface area contributed by atoms with Crippen LogP contribution in [0.25, 0.3) is 0 Å². The van der Waals surface area contributed by atoms with Crippen LogP contribution in [-0.2, 0) is 9.53 Å². The van der Waals surface area contributed by atoms with Crippen molar-refractivity contribution >= 4 is 17.5 Å². The predicted molar refractivity (Wildman–Crippen MR) is 111 cm³/mol. The summed E-state index contributed by atoms with van der Waals surface area (Å²) >= 11 is 0. The van der Waals surface area contributed by atoms with E-state index in [1.807, 2.05) is 25.1 Å². The first-order chi connectivity index (χ1) is 13.1. The molecule has 1 aromatic carbocycles. The van der Waals surface area contributed by atoms with E-state index in [9.17, 15) is 9.59 Å². The molecular weight excluding hydrogens is 344 g/mol. The van der Waals surface area contributed by atoms with Gasteiger partial charge in [-0.15, -0.1) is 0 Å². The highest BCUT2D eigenvalue weighted by molar-refractivity contribution is 5.92. The molecule has 0 radical (unpaired) electrons. The molecule has 0 fully saturated rings. The molecule has 150 valence electrons. The Morgan fingerprint density at radius 3 is 2.63 bits per heavy atom. The number of nitrogens with zero attached hydrogens (tertiary/aromatic N) is 1. The number of carbonyl (C=O) groups is 2. The normalized spacial score (nSPS) is 10.3. The van der Waals surface area contributed by atoms with E-state index in [0.717, 1.165) is 5.69 Å². The number of nitrogens with one attached hydrogen (secondary N) is 3. The Balaban J connectivity index is 0. The quantitative estimate of drug-likeness (QED) is 0.438. The van der Waals surface area contributed by atoms with Crippen LogP contribution in [0, 0.1) is 13.8 Å². The zero-order chi connectivity index (χ0) is 19.5. The summed E-state index contributed by atoms with van der Waals surface area (Å²) in [5.41, 5.74) is 3.78. The number of benzene rings is 1. The molecule has 0 aliphatic rings. The Kier molecular flexibility index (Phi) is 8.25. The van der Waals surface area contributed by atoms with E-state index < -0.39 is 0 Å². The van der Waals surface area contributed by atoms with Crippen molar-refractivity contribution in [3.63, 3.8) is 0 Å². The lowest BCUT2D eigenvalue weighted by atomic mass is 10.1. The minimum atomic E-state index is -0.220. The Morgan fingerprint density at radius 1 is 1.07 bits per heavy atom. The number of aryl methyl sites for hydroxylation is 2. The Hall–Kier alpha value is -2.93. The lowest BCUT2D eigenvalue weighted by Crippen LogP contribution is -2.32. The highest BCUT2D eigenvalue weighted by Gasteiger charge is 2.05. The summed E-state index contributed by atoms with van der Waals surface area (Å²) in [6, 6.07) is 11.2. The van der Waals surface area contributed by atoms with Crippen LogP contribution in [0.15, 0.2) is 42.6 Å². The van der Waals surface area contributed by atoms with E-state index in [4.69, 9.17) is 4.74 Å². The van der Waals surface area contributed by atoms with E-state index in [0.29, 0.717) is 25.2 Å². The molecule has 2 aromatic rings. The van der Waals surface area contributed by atoms with Crippen molar-refractivity contribution in [1.82, 2.24) is 15.6 Å². The zero-order valence-electron chi connectivity index (χ0n) is 15.7. The molecule has 0 unspecified atom stereocenters. The van der Waals surface area contributed by atoms with Gasteiger partial charge in [-0.2, -0.15) is 0 Å². The average molecular weight is 377 g/mol. The van der Waals surface area contributed by atoms with E-state index in [2.05, 4.69) is 27.9 Å². The maximum Gasteiger partial charge on any atom is 0.269 e. The maximum absolute atomic E-state index is 11.8. The Bertz CT molecular complexity index is 764. The van der Waals surface area contributed by atoms with Crippen LogP contribution in [0.5, 0.6) is 0 Å². The van der Waals surface area contributed by atoms with Crippen molar-refractivity contribution in [2.24, 2.45) is 0 Å². The van der Waals surface area contributed by atoms with E-state index in [1.54, 1.807) is 24.4 Å². The van der Waals surface area contributed by atoms with E-state index >= 15 is 0 Å². The van der Waals surface area contributed by atoms with E-state index in [-0.39, 0.29) is 29.4 Å². The Morgan fingerprint density at radius 2 is 1.89 bits per heavy atom. The van der Waals surface area contributed by atoms with Gasteiger partial charge in [-0.05, 0) is 55.7 Å². The third-order valence-electron chi connectivity index (χ3n) is 3.98. The van der Waals surface area contributed by atoms with Gasteiger partial charge < -0.3 is 20.7 Å². The number of hydrogen-bond acceptors (Lipinski definition) is 5. The van der Waals surface area contributed by atoms with Crippen molar-refractivity contribution in [3.05, 3.63) is 59.4 Å². The molecule has 7 heteroatoms. The molecule has 2 rings (SSSR count). The van der Waals surface area contributed by atoms with Crippen LogP contribution >= 0.6 is 0 Å². The maximum atomic E-state index is 11.8. The SMILES string of the molecule is Cc1ccc(NCOCC(=O)NCCCNC(=O)c2ccccn2)cc1C.[HH].[HH].[HH]. The highest BCUT2D eigenvalue weighted by Crippen LogP contribution is 2.13. The molecule has 2 amide bonds. The molecule has 0 atom stereocenters. The summed E-state index contributed by atoms with van der Waals surface area (Å²) in [4.78, 5) is 27.5. The van der Waals surface area contributed by atoms with Crippen molar-refractivity contribution in [3.8, 4) is 0 Å². The van der Waals surface area contributed by atoms with Gasteiger partial charge >= 0.3 is 0 Å². The monoisotopic (exact) mass is 376 g/mol. The van der Waals surface area contributed by atoms with Crippen LogP contribution in [0.2, 0.25) is 0 Å². The molecule has 0 bridgehead atoms. The van der Waals surface area contributed by atoms with Gasteiger partial charge in [0, 0.05) is 29.3 Å². The fourth-order valence-electron chi connectivity index (χ4n) is 2.29. The summed E-state index contributed by atoms with van der Waals surface area (Å²) in [5, 5.41) is 8.63. The minimum absolute atomic E-state index is 0. The number of anilines is 1. The first kappa shape index (κ1) is 20.4. The smallest absolute Gasteiger partial charge is 0.269 e. The minimum Gasteiger partial charge on any atom is -0.363 e. The predicted octanol–water partition coefficient (Wildman–Crippen LogP) is 2.76. The lowest BCUT2D eigenvalue weighted by molar-refractivity contribution is -0.125. The fraction of sp³-hybridized carbons (Fsp3) is 0.350. The van der Waals surface area contributed by atoms with Gasteiger partial charge in [0.1, 0.15) is 19.0 Å². The van der Waals surface area contributed by atoms with Gasteiger partial charge in [0.25, 0.3) is 5.91 Å². The van der Waals surface area contributed by atoms with Crippen molar-refractivity contribution in [1.29, 1.82) is 0 Å². The van der Waals surface area contributed by atoms with Crippen LogP contribution in [-0.4, -0.2) is 43.2 Å². The summed E-state index contributed by atoms with van der Waals surface area (Å²) in [6.45, 7) is 5.28. The molecule has 0 aliphatic carbocycles. The Labute approximate surface area is 164 Å². The van der Waals surface area contributed by atoms with E-state index in [1.165, 1.54) is 11.1 Å². The van der Waals surface area contributed by atoms with Gasteiger partial charge in [0.15, 0.2) is 0 Å². The molecule has 7 nitrogen and oxygen atoms in total. The molecule has 0 saturated carbocycles. The first-order valence-corrected chi connectivity index (χ1v) is 8.91. The zero-order valence-corrected chi connectivity index (χ0v) is 15.7. The molecule has 1 aromatic heterocycles. The lowest BCUT2D eigenvalue weighted by Gasteiger charge is -2.10. The second-order valence-corrected chi connectivity index (χ2v) is 6.14. The molecule has 0 saturated heterocycles. The number of amides is 2. The third-order valence-corrected chi connectivity index (χ3v) is 3.98. The topological polar surface area (TPSA) is 92.4 Å². The highest BCUT2D eigenvalue weighted by atomic mass is 16.5. The molecule has 0 aliphatic heterocycles. The molecule has 0 spiro atoms. The first-order valence-electron chi connectivity index (χ1n) is 8.91. The molecule has 1 heterocycles. The summed E-state index contributed by atoms with van der Waals surface area (Å²) in [7, 11) is 0. The molecule has 27 heavy (non-hydrogen) atoms. The summed E-state index contributed by atoms with van der Waals surface area (Å²) in [5.74, 6) is -0.407. The van der Waals surface area contributed by atoms with Crippen molar-refractivity contribution in [2.45, 2.75) is 20.3 Å². The van der Waals surface area contributed by atoms with Crippen LogP contribution < -0.4 is 16.0 Å². The van der Waals surface area contributed by atoms with Crippen LogP contribution in [0.3, 0.4) is 0 Å². The van der Waals surface area contributed by atoms with Crippen molar-refractivity contribution in [2.75, 3.05) is 31.7 Å². The number of rotatable bonds is 10. The van der Waals surface area contributed by atoms with Crippen molar-refractivity contribution < 1.29 is 18.6 Å². The van der Waals surface area contributed by atoms with Gasteiger partial charge in [0.2, 0.25) is 5.91 Å². The second kappa shape index (κ2) is 10.9. The van der Waals surface area contributed by atoms with Gasteiger partial charge in [0.05, 0.1) is 0 Å². The fourth-order valence-corrected chi connectivity index (χ4v) is 2.29.